The summed E-state index contributed by atoms with van der Waals surface area (Å²) >= 11 is 0. The van der Waals surface area contributed by atoms with Crippen LogP contribution in [0.5, 0.6) is 0 Å². The van der Waals surface area contributed by atoms with Gasteiger partial charge in [-0.05, 0) is 24.5 Å². The van der Waals surface area contributed by atoms with E-state index in [0.717, 1.165) is 24.2 Å². The van der Waals surface area contributed by atoms with E-state index >= 15 is 0 Å². The van der Waals surface area contributed by atoms with Gasteiger partial charge in [0.05, 0.1) is 12.6 Å². The van der Waals surface area contributed by atoms with Gasteiger partial charge in [-0.25, -0.2) is 0 Å². The van der Waals surface area contributed by atoms with Gasteiger partial charge in [-0.2, -0.15) is 0 Å². The van der Waals surface area contributed by atoms with Crippen LogP contribution < -0.4 is 11.1 Å². The monoisotopic (exact) mass is 286 g/mol. The summed E-state index contributed by atoms with van der Waals surface area (Å²) in [7, 11) is 0. The zero-order chi connectivity index (χ0) is 13.4. The number of amides is 1. The van der Waals surface area contributed by atoms with Crippen LogP contribution in [0.2, 0.25) is 0 Å². The Kier molecular flexibility index (Phi) is 9.21. The van der Waals surface area contributed by atoms with Gasteiger partial charge in [0.15, 0.2) is 0 Å². The Labute approximate surface area is 121 Å². The van der Waals surface area contributed by atoms with Crippen LogP contribution in [0.4, 0.5) is 0 Å². The van der Waals surface area contributed by atoms with Crippen LogP contribution >= 0.6 is 12.4 Å². The van der Waals surface area contributed by atoms with Gasteiger partial charge in [-0.15, -0.1) is 12.4 Å². The summed E-state index contributed by atoms with van der Waals surface area (Å²) in [6, 6.07) is 7.46. The summed E-state index contributed by atoms with van der Waals surface area (Å²) in [6.45, 7) is 5.57. The van der Waals surface area contributed by atoms with E-state index in [0.29, 0.717) is 13.2 Å². The first-order valence-electron chi connectivity index (χ1n) is 6.33. The zero-order valence-corrected chi connectivity index (χ0v) is 12.3. The molecule has 1 aromatic rings. The number of rotatable bonds is 7. The number of halogens is 1. The number of carbonyl (C=O) groups excluding carboxylic acids is 1. The van der Waals surface area contributed by atoms with Crippen molar-refractivity contribution in [2.75, 3.05) is 6.61 Å². The average molecular weight is 287 g/mol. The molecule has 1 atom stereocenters. The molecule has 1 amide bonds. The highest BCUT2D eigenvalue weighted by Gasteiger charge is 2.08. The van der Waals surface area contributed by atoms with E-state index in [1.807, 2.05) is 24.3 Å². The van der Waals surface area contributed by atoms with Gasteiger partial charge in [0.1, 0.15) is 0 Å². The molecule has 0 saturated heterocycles. The summed E-state index contributed by atoms with van der Waals surface area (Å²) in [5, 5.41) is 2.81. The van der Waals surface area contributed by atoms with Crippen LogP contribution in [0, 0.1) is 0 Å². The van der Waals surface area contributed by atoms with Crippen molar-refractivity contribution < 1.29 is 9.53 Å². The van der Waals surface area contributed by atoms with Crippen LogP contribution in [-0.4, -0.2) is 18.6 Å². The summed E-state index contributed by atoms with van der Waals surface area (Å²) < 4.78 is 5.53. The third-order valence-corrected chi connectivity index (χ3v) is 2.59. The molecular formula is C14H23ClN2O2. The van der Waals surface area contributed by atoms with Gasteiger partial charge in [-0.3, -0.25) is 4.79 Å². The quantitative estimate of drug-likeness (QED) is 0.754. The predicted octanol–water partition coefficient (Wildman–Crippen LogP) is 2.00. The molecule has 1 rings (SSSR count). The van der Waals surface area contributed by atoms with Crippen molar-refractivity contribution in [3.63, 3.8) is 0 Å². The maximum absolute atomic E-state index is 11.4. The van der Waals surface area contributed by atoms with Crippen LogP contribution in [0.15, 0.2) is 24.3 Å². The summed E-state index contributed by atoms with van der Waals surface area (Å²) in [5.74, 6) is -0.140. The lowest BCUT2D eigenvalue weighted by molar-refractivity contribution is -0.122. The first-order valence-corrected chi connectivity index (χ1v) is 6.33. The molecule has 19 heavy (non-hydrogen) atoms. The first kappa shape index (κ1) is 17.9. The van der Waals surface area contributed by atoms with Gasteiger partial charge in [0, 0.05) is 13.2 Å². The van der Waals surface area contributed by atoms with Gasteiger partial charge in [0.25, 0.3) is 0 Å². The average Bonchev–Trinajstić information content (AvgIpc) is 2.37. The van der Waals surface area contributed by atoms with E-state index in [-0.39, 0.29) is 18.3 Å². The van der Waals surface area contributed by atoms with Crippen LogP contribution in [-0.2, 0) is 22.7 Å². The molecule has 0 bridgehead atoms. The number of hydrogen-bond acceptors (Lipinski definition) is 3. The predicted molar refractivity (Wildman–Crippen MR) is 79.1 cm³/mol. The Morgan fingerprint density at radius 2 is 2.00 bits per heavy atom. The molecule has 3 N–H and O–H groups in total. The normalized spacial score (nSPS) is 11.5. The third kappa shape index (κ3) is 6.57. The van der Waals surface area contributed by atoms with Crippen LogP contribution in [0.1, 0.15) is 31.4 Å². The lowest BCUT2D eigenvalue weighted by Crippen LogP contribution is -2.37. The molecule has 0 fully saturated rings. The molecule has 1 aromatic carbocycles. The molecule has 0 heterocycles. The minimum Gasteiger partial charge on any atom is -0.377 e. The zero-order valence-electron chi connectivity index (χ0n) is 11.5. The highest BCUT2D eigenvalue weighted by molar-refractivity contribution is 5.85. The van der Waals surface area contributed by atoms with E-state index in [9.17, 15) is 4.79 Å². The summed E-state index contributed by atoms with van der Waals surface area (Å²) in [6.07, 6.45) is 1.00. The van der Waals surface area contributed by atoms with Gasteiger partial charge < -0.3 is 15.8 Å². The number of carbonyl (C=O) groups is 1. The molecule has 4 nitrogen and oxygen atoms in total. The Morgan fingerprint density at radius 1 is 1.37 bits per heavy atom. The molecule has 108 valence electrons. The molecule has 0 aliphatic heterocycles. The van der Waals surface area contributed by atoms with Crippen molar-refractivity contribution in [2.45, 2.75) is 39.5 Å². The lowest BCUT2D eigenvalue weighted by atomic mass is 10.1. The van der Waals surface area contributed by atoms with Crippen LogP contribution in [0.3, 0.4) is 0 Å². The number of nitrogens with two attached hydrogens (primary N) is 1. The second-order valence-corrected chi connectivity index (χ2v) is 4.33. The molecule has 0 spiro atoms. The van der Waals surface area contributed by atoms with Crippen molar-refractivity contribution in [1.29, 1.82) is 0 Å². The molecule has 0 saturated carbocycles. The number of benzene rings is 1. The van der Waals surface area contributed by atoms with Gasteiger partial charge >= 0.3 is 0 Å². The highest BCUT2D eigenvalue weighted by Crippen LogP contribution is 2.10. The maximum atomic E-state index is 11.4. The lowest BCUT2D eigenvalue weighted by Gasteiger charge is -2.12. The SMILES string of the molecule is CCCOCc1ccccc1CNC(=O)[C@H](C)N.Cl. The Hall–Kier alpha value is -1.10. The van der Waals surface area contributed by atoms with Gasteiger partial charge in [-0.1, -0.05) is 31.2 Å². The Balaban J connectivity index is 0.00000324. The van der Waals surface area contributed by atoms with E-state index < -0.39 is 6.04 Å². The van der Waals surface area contributed by atoms with E-state index in [1.165, 1.54) is 0 Å². The van der Waals surface area contributed by atoms with E-state index in [2.05, 4.69) is 12.2 Å². The second kappa shape index (κ2) is 9.78. The third-order valence-electron chi connectivity index (χ3n) is 2.59. The number of nitrogens with one attached hydrogen (secondary N) is 1. The second-order valence-electron chi connectivity index (χ2n) is 4.33. The van der Waals surface area contributed by atoms with Crippen LogP contribution in [0.25, 0.3) is 0 Å². The molecule has 0 aliphatic rings. The summed E-state index contributed by atoms with van der Waals surface area (Å²) in [5.41, 5.74) is 7.68. The smallest absolute Gasteiger partial charge is 0.236 e. The molecule has 0 radical (unpaired) electrons. The van der Waals surface area contributed by atoms with E-state index in [4.69, 9.17) is 10.5 Å². The van der Waals surface area contributed by atoms with Crippen molar-refractivity contribution in [3.8, 4) is 0 Å². The minimum atomic E-state index is -0.478. The standard InChI is InChI=1S/C14H22N2O2.ClH/c1-3-8-18-10-13-7-5-4-6-12(13)9-16-14(17)11(2)15;/h4-7,11H,3,8-10,15H2,1-2H3,(H,16,17);1H/t11-;/m0./s1. The Bertz CT molecular complexity index is 383. The fourth-order valence-electron chi connectivity index (χ4n) is 1.54. The minimum absolute atomic E-state index is 0. The largest absolute Gasteiger partial charge is 0.377 e. The molecule has 5 heteroatoms. The highest BCUT2D eigenvalue weighted by atomic mass is 35.5. The van der Waals surface area contributed by atoms with Crippen molar-refractivity contribution >= 4 is 18.3 Å². The fourth-order valence-corrected chi connectivity index (χ4v) is 1.54. The van der Waals surface area contributed by atoms with Crippen molar-refractivity contribution in [2.24, 2.45) is 5.73 Å². The van der Waals surface area contributed by atoms with Crippen molar-refractivity contribution in [1.82, 2.24) is 5.32 Å². The van der Waals surface area contributed by atoms with E-state index in [1.54, 1.807) is 6.92 Å². The van der Waals surface area contributed by atoms with Gasteiger partial charge in [0.2, 0.25) is 5.91 Å². The molecule has 0 unspecified atom stereocenters. The molecule has 0 aliphatic carbocycles. The number of hydrogen-bond donors (Lipinski definition) is 2. The first-order chi connectivity index (χ1) is 8.65. The fraction of sp³-hybridized carbons (Fsp3) is 0.500. The van der Waals surface area contributed by atoms with Crippen molar-refractivity contribution in [3.05, 3.63) is 35.4 Å². The Morgan fingerprint density at radius 3 is 2.58 bits per heavy atom. The maximum Gasteiger partial charge on any atom is 0.236 e. The topological polar surface area (TPSA) is 64.3 Å². The molecular weight excluding hydrogens is 264 g/mol. The summed E-state index contributed by atoms with van der Waals surface area (Å²) in [4.78, 5) is 11.4. The number of ether oxygens (including phenoxy) is 1. The molecule has 0 aromatic heterocycles.